The maximum Gasteiger partial charge on any atom is 0.294 e. The van der Waals surface area contributed by atoms with Crippen molar-refractivity contribution < 1.29 is 23.6 Å². The Morgan fingerprint density at radius 3 is 2.30 bits per heavy atom. The summed E-state index contributed by atoms with van der Waals surface area (Å²) >= 11 is 0. The molecular weight excluding hydrogens is 391 g/mol. The molecule has 3 rings (SSSR count). The molecular formula is C21H23FN4O4. The molecule has 0 unspecified atom stereocenters. The Morgan fingerprint density at radius 2 is 1.77 bits per heavy atom. The monoisotopic (exact) mass is 414 g/mol. The van der Waals surface area contributed by atoms with Crippen molar-refractivity contribution in [3.63, 3.8) is 0 Å². The molecule has 1 saturated carbocycles. The molecule has 8 nitrogen and oxygen atoms in total. The Labute approximate surface area is 172 Å². The molecule has 158 valence electrons. The minimum Gasteiger partial charge on any atom is -0.368 e. The second-order valence-corrected chi connectivity index (χ2v) is 7.64. The molecule has 1 aliphatic carbocycles. The van der Waals surface area contributed by atoms with Gasteiger partial charge in [-0.15, -0.1) is 0 Å². The van der Waals surface area contributed by atoms with Gasteiger partial charge in [0.15, 0.2) is 0 Å². The number of nitrogens with zero attached hydrogens (tertiary/aromatic N) is 1. The molecule has 0 radical (unpaired) electrons. The predicted octanol–water partition coefficient (Wildman–Crippen LogP) is 1.66. The van der Waals surface area contributed by atoms with E-state index in [-0.39, 0.29) is 17.1 Å². The average molecular weight is 414 g/mol. The van der Waals surface area contributed by atoms with Gasteiger partial charge in [-0.25, -0.2) is 4.39 Å². The Hall–Kier alpha value is -3.49. The lowest BCUT2D eigenvalue weighted by Crippen LogP contribution is -2.49. The quantitative estimate of drug-likeness (QED) is 0.491. The fourth-order valence-corrected chi connectivity index (χ4v) is 3.49. The molecule has 1 fully saturated rings. The number of carbonyl (C=O) groups is 4. The van der Waals surface area contributed by atoms with Crippen molar-refractivity contribution in [1.82, 2.24) is 9.88 Å². The van der Waals surface area contributed by atoms with Gasteiger partial charge in [0.2, 0.25) is 5.91 Å². The predicted molar refractivity (Wildman–Crippen MR) is 108 cm³/mol. The number of nitrogens with two attached hydrogens (primary N) is 1. The van der Waals surface area contributed by atoms with Crippen LogP contribution in [0, 0.1) is 26.6 Å². The maximum absolute atomic E-state index is 13.5. The van der Waals surface area contributed by atoms with Crippen LogP contribution < -0.4 is 16.4 Å². The third-order valence-corrected chi connectivity index (χ3v) is 5.57. The number of hydrogen-bond acceptors (Lipinski definition) is 4. The zero-order valence-electron chi connectivity index (χ0n) is 17.2. The standard InChI is InChI=1S/C21H23FN4O4/c1-10-9-13(5-6-14(10)22)24-18(28)15-11(2)16(26(4)12(15)3)17(27)19(29)25-21(7-8-21)20(23)30/h5-6,9H,7-8H2,1-4H3,(H2,23,30)(H,24,28)(H,25,29). The summed E-state index contributed by atoms with van der Waals surface area (Å²) in [5.41, 5.74) is 6.02. The van der Waals surface area contributed by atoms with Crippen LogP contribution in [0.4, 0.5) is 10.1 Å². The highest BCUT2D eigenvalue weighted by Gasteiger charge is 2.50. The number of aryl methyl sites for hydroxylation is 1. The minimum absolute atomic E-state index is 0.0470. The summed E-state index contributed by atoms with van der Waals surface area (Å²) in [4.78, 5) is 49.6. The van der Waals surface area contributed by atoms with Crippen molar-refractivity contribution in [1.29, 1.82) is 0 Å². The first-order chi connectivity index (χ1) is 14.0. The molecule has 2 aromatic rings. The molecule has 1 aromatic carbocycles. The Balaban J connectivity index is 1.88. The number of ketones is 1. The van der Waals surface area contributed by atoms with Gasteiger partial charge in [0.1, 0.15) is 11.4 Å². The van der Waals surface area contributed by atoms with Crippen LogP contribution in [0.3, 0.4) is 0 Å². The summed E-state index contributed by atoms with van der Waals surface area (Å²) < 4.78 is 14.9. The summed E-state index contributed by atoms with van der Waals surface area (Å²) in [5.74, 6) is -3.36. The molecule has 4 N–H and O–H groups in total. The smallest absolute Gasteiger partial charge is 0.294 e. The molecule has 0 spiro atoms. The number of Topliss-reactive ketones (excluding diaryl/α,β-unsaturated/α-hetero) is 1. The van der Waals surface area contributed by atoms with Crippen molar-refractivity contribution in [2.75, 3.05) is 5.32 Å². The van der Waals surface area contributed by atoms with Gasteiger partial charge in [-0.3, -0.25) is 19.2 Å². The Morgan fingerprint density at radius 1 is 1.13 bits per heavy atom. The summed E-state index contributed by atoms with van der Waals surface area (Å²) in [5, 5.41) is 5.10. The number of rotatable bonds is 6. The lowest BCUT2D eigenvalue weighted by atomic mass is 10.1. The first-order valence-electron chi connectivity index (χ1n) is 9.38. The lowest BCUT2D eigenvalue weighted by Gasteiger charge is -2.13. The summed E-state index contributed by atoms with van der Waals surface area (Å²) in [6.07, 6.45) is 0.772. The molecule has 1 aromatic heterocycles. The minimum atomic E-state index is -1.17. The highest BCUT2D eigenvalue weighted by molar-refractivity contribution is 6.43. The van der Waals surface area contributed by atoms with E-state index in [1.165, 1.54) is 22.8 Å². The van der Waals surface area contributed by atoms with Gasteiger partial charge in [0, 0.05) is 18.4 Å². The Bertz CT molecular complexity index is 1100. The number of halogens is 1. The molecule has 1 heterocycles. The van der Waals surface area contributed by atoms with E-state index in [0.717, 1.165) is 0 Å². The number of hydrogen-bond donors (Lipinski definition) is 3. The first kappa shape index (κ1) is 21.2. The number of amides is 3. The molecule has 3 amide bonds. The van der Waals surface area contributed by atoms with Crippen LogP contribution in [0.1, 0.15) is 50.5 Å². The van der Waals surface area contributed by atoms with Crippen molar-refractivity contribution in [3.8, 4) is 0 Å². The third-order valence-electron chi connectivity index (χ3n) is 5.57. The van der Waals surface area contributed by atoms with Gasteiger partial charge in [0.05, 0.1) is 11.3 Å². The van der Waals surface area contributed by atoms with Gasteiger partial charge in [-0.2, -0.15) is 0 Å². The van der Waals surface area contributed by atoms with E-state index in [1.54, 1.807) is 27.8 Å². The van der Waals surface area contributed by atoms with Crippen molar-refractivity contribution in [3.05, 3.63) is 52.1 Å². The lowest BCUT2D eigenvalue weighted by molar-refractivity contribution is -0.126. The van der Waals surface area contributed by atoms with Crippen LogP contribution in [-0.2, 0) is 16.6 Å². The van der Waals surface area contributed by atoms with E-state index in [2.05, 4.69) is 10.6 Å². The molecule has 0 saturated heterocycles. The number of primary amides is 1. The number of benzene rings is 1. The number of aromatic nitrogens is 1. The summed E-state index contributed by atoms with van der Waals surface area (Å²) in [7, 11) is 1.57. The first-order valence-corrected chi connectivity index (χ1v) is 9.38. The molecule has 30 heavy (non-hydrogen) atoms. The van der Waals surface area contributed by atoms with Gasteiger partial charge >= 0.3 is 0 Å². The zero-order valence-corrected chi connectivity index (χ0v) is 17.2. The van der Waals surface area contributed by atoms with Crippen LogP contribution in [-0.4, -0.2) is 33.6 Å². The largest absolute Gasteiger partial charge is 0.368 e. The normalized spacial score (nSPS) is 14.2. The number of anilines is 1. The van der Waals surface area contributed by atoms with Gasteiger partial charge < -0.3 is 20.9 Å². The van der Waals surface area contributed by atoms with Crippen molar-refractivity contribution in [2.45, 2.75) is 39.2 Å². The van der Waals surface area contributed by atoms with E-state index < -0.39 is 29.0 Å². The fourth-order valence-electron chi connectivity index (χ4n) is 3.49. The fraction of sp³-hybridized carbons (Fsp3) is 0.333. The second kappa shape index (κ2) is 7.40. The molecule has 9 heteroatoms. The highest BCUT2D eigenvalue weighted by Crippen LogP contribution is 2.35. The second-order valence-electron chi connectivity index (χ2n) is 7.64. The van der Waals surface area contributed by atoms with Gasteiger partial charge in [-0.05, 0) is 62.9 Å². The maximum atomic E-state index is 13.5. The highest BCUT2D eigenvalue weighted by atomic mass is 19.1. The van der Waals surface area contributed by atoms with E-state index in [9.17, 15) is 23.6 Å². The van der Waals surface area contributed by atoms with Gasteiger partial charge in [0.25, 0.3) is 17.6 Å². The SMILES string of the molecule is Cc1cc(NC(=O)c2c(C)c(C(=O)C(=O)NC3(C(N)=O)CC3)n(C)c2C)ccc1F. The van der Waals surface area contributed by atoms with Crippen LogP contribution in [0.2, 0.25) is 0 Å². The van der Waals surface area contributed by atoms with Crippen molar-refractivity contribution in [2.24, 2.45) is 12.8 Å². The van der Waals surface area contributed by atoms with Crippen LogP contribution in [0.5, 0.6) is 0 Å². The molecule has 0 atom stereocenters. The van der Waals surface area contributed by atoms with Crippen LogP contribution in [0.25, 0.3) is 0 Å². The molecule has 0 bridgehead atoms. The van der Waals surface area contributed by atoms with E-state index in [1.807, 2.05) is 0 Å². The molecule has 1 aliphatic rings. The summed E-state index contributed by atoms with van der Waals surface area (Å²) in [6.45, 7) is 4.80. The zero-order chi connectivity index (χ0) is 22.4. The van der Waals surface area contributed by atoms with Crippen molar-refractivity contribution >= 4 is 29.2 Å². The topological polar surface area (TPSA) is 123 Å². The van der Waals surface area contributed by atoms with E-state index in [4.69, 9.17) is 5.73 Å². The average Bonchev–Trinajstić information content (AvgIpc) is 3.41. The third kappa shape index (κ3) is 3.58. The number of nitrogens with one attached hydrogen (secondary N) is 2. The van der Waals surface area contributed by atoms with Crippen LogP contribution >= 0.6 is 0 Å². The summed E-state index contributed by atoms with van der Waals surface area (Å²) in [6, 6.07) is 4.19. The van der Waals surface area contributed by atoms with E-state index in [0.29, 0.717) is 35.3 Å². The van der Waals surface area contributed by atoms with Gasteiger partial charge in [-0.1, -0.05) is 0 Å². The van der Waals surface area contributed by atoms with E-state index >= 15 is 0 Å². The molecule has 0 aliphatic heterocycles. The van der Waals surface area contributed by atoms with Crippen LogP contribution in [0.15, 0.2) is 18.2 Å². The Kier molecular flexibility index (Phi) is 5.23. The number of carbonyl (C=O) groups excluding carboxylic acids is 4.